The summed E-state index contributed by atoms with van der Waals surface area (Å²) in [6, 6.07) is 0. The molecule has 1 N–H and O–H groups in total. The van der Waals surface area contributed by atoms with Gasteiger partial charge in [0.2, 0.25) is 0 Å². The van der Waals surface area contributed by atoms with E-state index in [0.29, 0.717) is 11.4 Å². The van der Waals surface area contributed by atoms with Gasteiger partial charge in [0.05, 0.1) is 17.7 Å². The van der Waals surface area contributed by atoms with Gasteiger partial charge in [0.25, 0.3) is 5.91 Å². The minimum absolute atomic E-state index is 0.144. The summed E-state index contributed by atoms with van der Waals surface area (Å²) in [4.78, 5) is 16.2. The first-order valence-electron chi connectivity index (χ1n) is 4.43. The van der Waals surface area contributed by atoms with E-state index in [-0.39, 0.29) is 5.91 Å². The fourth-order valence-corrected chi connectivity index (χ4v) is 1.76. The van der Waals surface area contributed by atoms with Crippen molar-refractivity contribution in [3.63, 3.8) is 0 Å². The van der Waals surface area contributed by atoms with Crippen molar-refractivity contribution in [3.05, 3.63) is 16.1 Å². The Hall–Kier alpha value is -0.980. The Balaban J connectivity index is 2.47. The van der Waals surface area contributed by atoms with Crippen molar-refractivity contribution in [3.8, 4) is 0 Å². The molecule has 0 saturated carbocycles. The number of aromatic nitrogens is 1. The second kappa shape index (κ2) is 5.79. The average Bonchev–Trinajstić information content (AvgIpc) is 2.66. The monoisotopic (exact) mass is 230 g/mol. The molecule has 5 nitrogen and oxygen atoms in total. The highest BCUT2D eigenvalue weighted by molar-refractivity contribution is 7.11. The maximum Gasteiger partial charge on any atom is 0.263 e. The smallest absolute Gasteiger partial charge is 0.263 e. The van der Waals surface area contributed by atoms with Crippen LogP contribution in [-0.2, 0) is 9.47 Å². The maximum atomic E-state index is 11.6. The van der Waals surface area contributed by atoms with E-state index in [2.05, 4.69) is 10.3 Å². The van der Waals surface area contributed by atoms with Gasteiger partial charge in [0.1, 0.15) is 4.88 Å². The molecule has 1 amide bonds. The van der Waals surface area contributed by atoms with Crippen LogP contribution >= 0.6 is 11.3 Å². The quantitative estimate of drug-likeness (QED) is 0.760. The minimum Gasteiger partial charge on any atom is -0.354 e. The minimum atomic E-state index is -0.415. The van der Waals surface area contributed by atoms with Crippen molar-refractivity contribution in [1.29, 1.82) is 0 Å². The van der Waals surface area contributed by atoms with Crippen molar-refractivity contribution in [2.24, 2.45) is 0 Å². The summed E-state index contributed by atoms with van der Waals surface area (Å²) in [6.45, 7) is 2.12. The summed E-state index contributed by atoms with van der Waals surface area (Å²) in [5, 5.41) is 2.71. The van der Waals surface area contributed by atoms with Crippen LogP contribution in [0.25, 0.3) is 0 Å². The maximum absolute atomic E-state index is 11.6. The molecule has 0 spiro atoms. The zero-order valence-corrected chi connectivity index (χ0v) is 9.76. The molecule has 0 atom stereocenters. The second-order valence-electron chi connectivity index (χ2n) is 2.88. The van der Waals surface area contributed by atoms with Crippen LogP contribution < -0.4 is 5.32 Å². The highest BCUT2D eigenvalue weighted by Gasteiger charge is 2.13. The van der Waals surface area contributed by atoms with E-state index in [4.69, 9.17) is 9.47 Å². The Bertz CT molecular complexity index is 323. The SMILES string of the molecule is COC(CNC(=O)c1scnc1C)OC. The number of aryl methyl sites for hydroxylation is 1. The number of methoxy groups -OCH3 is 2. The van der Waals surface area contributed by atoms with Gasteiger partial charge in [-0.05, 0) is 6.92 Å². The number of nitrogens with one attached hydrogen (secondary N) is 1. The molecule has 0 saturated heterocycles. The Morgan fingerprint density at radius 1 is 1.60 bits per heavy atom. The van der Waals surface area contributed by atoms with Gasteiger partial charge in [0.15, 0.2) is 6.29 Å². The van der Waals surface area contributed by atoms with Gasteiger partial charge in [-0.25, -0.2) is 4.98 Å². The van der Waals surface area contributed by atoms with Crippen molar-refractivity contribution in [2.45, 2.75) is 13.2 Å². The molecule has 0 aromatic carbocycles. The third kappa shape index (κ3) is 3.26. The van der Waals surface area contributed by atoms with Gasteiger partial charge >= 0.3 is 0 Å². The Morgan fingerprint density at radius 2 is 2.27 bits per heavy atom. The van der Waals surface area contributed by atoms with Gasteiger partial charge in [-0.1, -0.05) is 0 Å². The summed E-state index contributed by atoms with van der Waals surface area (Å²) in [6.07, 6.45) is -0.415. The molecule has 0 aliphatic heterocycles. The molecular formula is C9H14N2O3S. The van der Waals surface area contributed by atoms with E-state index in [1.54, 1.807) is 12.4 Å². The van der Waals surface area contributed by atoms with Crippen LogP contribution in [0.2, 0.25) is 0 Å². The molecule has 6 heteroatoms. The van der Waals surface area contributed by atoms with Crippen LogP contribution in [0, 0.1) is 6.92 Å². The van der Waals surface area contributed by atoms with Crippen LogP contribution in [-0.4, -0.2) is 37.9 Å². The molecule has 0 unspecified atom stereocenters. The van der Waals surface area contributed by atoms with Crippen molar-refractivity contribution in [2.75, 3.05) is 20.8 Å². The topological polar surface area (TPSA) is 60.5 Å². The summed E-state index contributed by atoms with van der Waals surface area (Å²) in [5.41, 5.74) is 2.39. The van der Waals surface area contributed by atoms with Crippen LogP contribution in [0.3, 0.4) is 0 Å². The summed E-state index contributed by atoms with van der Waals surface area (Å²) < 4.78 is 9.90. The van der Waals surface area contributed by atoms with Crippen molar-refractivity contribution < 1.29 is 14.3 Å². The zero-order valence-electron chi connectivity index (χ0n) is 8.94. The number of carbonyl (C=O) groups is 1. The molecule has 1 rings (SSSR count). The predicted molar refractivity (Wildman–Crippen MR) is 57.0 cm³/mol. The Kier molecular flexibility index (Phi) is 4.67. The molecule has 0 aliphatic rings. The van der Waals surface area contributed by atoms with E-state index < -0.39 is 6.29 Å². The van der Waals surface area contributed by atoms with E-state index in [1.165, 1.54) is 25.6 Å². The summed E-state index contributed by atoms with van der Waals surface area (Å²) in [5.74, 6) is -0.144. The van der Waals surface area contributed by atoms with Crippen LogP contribution in [0.1, 0.15) is 15.4 Å². The molecule has 84 valence electrons. The fourth-order valence-electron chi connectivity index (χ4n) is 1.04. The van der Waals surface area contributed by atoms with Crippen LogP contribution in [0.4, 0.5) is 0 Å². The number of thiazole rings is 1. The molecule has 0 bridgehead atoms. The largest absolute Gasteiger partial charge is 0.354 e. The third-order valence-corrected chi connectivity index (χ3v) is 2.83. The fraction of sp³-hybridized carbons (Fsp3) is 0.556. The summed E-state index contributed by atoms with van der Waals surface area (Å²) >= 11 is 1.32. The molecule has 0 radical (unpaired) electrons. The van der Waals surface area contributed by atoms with Crippen molar-refractivity contribution in [1.82, 2.24) is 10.3 Å². The molecule has 1 heterocycles. The van der Waals surface area contributed by atoms with E-state index in [0.717, 1.165) is 5.69 Å². The molecular weight excluding hydrogens is 216 g/mol. The van der Waals surface area contributed by atoms with Crippen LogP contribution in [0.5, 0.6) is 0 Å². The molecule has 1 aromatic heterocycles. The molecule has 15 heavy (non-hydrogen) atoms. The van der Waals surface area contributed by atoms with E-state index >= 15 is 0 Å². The Labute approximate surface area is 92.4 Å². The number of nitrogens with zero attached hydrogens (tertiary/aromatic N) is 1. The lowest BCUT2D eigenvalue weighted by Gasteiger charge is -2.13. The highest BCUT2D eigenvalue weighted by Crippen LogP contribution is 2.11. The first-order valence-corrected chi connectivity index (χ1v) is 5.31. The first kappa shape index (κ1) is 12.1. The lowest BCUT2D eigenvalue weighted by molar-refractivity contribution is -0.0974. The lowest BCUT2D eigenvalue weighted by atomic mass is 10.4. The number of amides is 1. The van der Waals surface area contributed by atoms with E-state index in [9.17, 15) is 4.79 Å². The van der Waals surface area contributed by atoms with Gasteiger partial charge in [0, 0.05) is 14.2 Å². The first-order chi connectivity index (χ1) is 7.19. The second-order valence-corrected chi connectivity index (χ2v) is 3.73. The van der Waals surface area contributed by atoms with Gasteiger partial charge in [-0.2, -0.15) is 0 Å². The average molecular weight is 230 g/mol. The Morgan fingerprint density at radius 3 is 2.73 bits per heavy atom. The van der Waals surface area contributed by atoms with Gasteiger partial charge < -0.3 is 14.8 Å². The number of ether oxygens (including phenoxy) is 2. The van der Waals surface area contributed by atoms with E-state index in [1.807, 2.05) is 0 Å². The number of hydrogen-bond donors (Lipinski definition) is 1. The third-order valence-electron chi connectivity index (χ3n) is 1.91. The highest BCUT2D eigenvalue weighted by atomic mass is 32.1. The number of rotatable bonds is 5. The van der Waals surface area contributed by atoms with Crippen molar-refractivity contribution >= 4 is 17.2 Å². The molecule has 0 fully saturated rings. The predicted octanol–water partition coefficient (Wildman–Crippen LogP) is 0.800. The van der Waals surface area contributed by atoms with Gasteiger partial charge in [-0.15, -0.1) is 11.3 Å². The normalized spacial score (nSPS) is 10.7. The van der Waals surface area contributed by atoms with Gasteiger partial charge in [-0.3, -0.25) is 4.79 Å². The zero-order chi connectivity index (χ0) is 11.3. The summed E-state index contributed by atoms with van der Waals surface area (Å²) in [7, 11) is 3.05. The number of carbonyl (C=O) groups excluding carboxylic acids is 1. The number of hydrogen-bond acceptors (Lipinski definition) is 5. The lowest BCUT2D eigenvalue weighted by Crippen LogP contribution is -2.34. The standard InChI is InChI=1S/C9H14N2O3S/c1-6-8(15-5-11-6)9(12)10-4-7(13-2)14-3/h5,7H,4H2,1-3H3,(H,10,12). The molecule has 1 aromatic rings. The molecule has 0 aliphatic carbocycles. The van der Waals surface area contributed by atoms with Crippen LogP contribution in [0.15, 0.2) is 5.51 Å².